The normalized spacial score (nSPS) is 15.9. The highest BCUT2D eigenvalue weighted by Gasteiger charge is 2.26. The van der Waals surface area contributed by atoms with Crippen LogP contribution in [0, 0.1) is 5.92 Å². The molecule has 0 radical (unpaired) electrons. The van der Waals surface area contributed by atoms with Crippen LogP contribution in [0.25, 0.3) is 6.08 Å². The van der Waals surface area contributed by atoms with Gasteiger partial charge >= 0.3 is 11.9 Å². The number of esters is 2. The molecule has 2 aromatic carbocycles. The molecule has 0 aromatic heterocycles. The summed E-state index contributed by atoms with van der Waals surface area (Å²) in [5.41, 5.74) is 1.38. The Morgan fingerprint density at radius 2 is 1.90 bits per heavy atom. The van der Waals surface area contributed by atoms with Gasteiger partial charge in [0.1, 0.15) is 0 Å². The fourth-order valence-electron chi connectivity index (χ4n) is 2.80. The molecule has 8 heteroatoms. The summed E-state index contributed by atoms with van der Waals surface area (Å²) in [7, 11) is 1.47. The lowest BCUT2D eigenvalue weighted by atomic mass is 10.1. The zero-order valence-electron chi connectivity index (χ0n) is 16.6. The standard InChI is InChI=1S/C22H19NO7/c1-12(2)21(24)29-17-6-4-13(9-18(17)26-3)8-15-22(25)30-20(23-15)14-5-7-16-19(10-14)28-11-27-16/h4-10,12H,11H2,1-3H3/b15-8+. The summed E-state index contributed by atoms with van der Waals surface area (Å²) in [6.45, 7) is 3.64. The minimum Gasteiger partial charge on any atom is -0.493 e. The van der Waals surface area contributed by atoms with Crippen LogP contribution >= 0.6 is 0 Å². The van der Waals surface area contributed by atoms with Crippen LogP contribution in [0.2, 0.25) is 0 Å². The van der Waals surface area contributed by atoms with Crippen LogP contribution in [0.5, 0.6) is 23.0 Å². The van der Waals surface area contributed by atoms with Crippen molar-refractivity contribution in [2.24, 2.45) is 10.9 Å². The third kappa shape index (κ3) is 3.84. The number of carbonyl (C=O) groups is 2. The van der Waals surface area contributed by atoms with E-state index in [1.165, 1.54) is 7.11 Å². The van der Waals surface area contributed by atoms with Gasteiger partial charge in [-0.2, -0.15) is 0 Å². The number of carbonyl (C=O) groups excluding carboxylic acids is 2. The molecule has 0 amide bonds. The van der Waals surface area contributed by atoms with E-state index in [1.807, 2.05) is 0 Å². The molecule has 0 fully saturated rings. The van der Waals surface area contributed by atoms with Gasteiger partial charge in [0.2, 0.25) is 12.7 Å². The van der Waals surface area contributed by atoms with Gasteiger partial charge in [0.25, 0.3) is 0 Å². The SMILES string of the molecule is COc1cc(/C=C2/N=C(c3ccc4c(c3)OCO4)OC2=O)ccc1OC(=O)C(C)C. The Morgan fingerprint density at radius 3 is 2.67 bits per heavy atom. The molecule has 0 N–H and O–H groups in total. The topological polar surface area (TPSA) is 92.7 Å². The van der Waals surface area contributed by atoms with Crippen LogP contribution in [0.3, 0.4) is 0 Å². The monoisotopic (exact) mass is 409 g/mol. The summed E-state index contributed by atoms with van der Waals surface area (Å²) in [6.07, 6.45) is 1.57. The van der Waals surface area contributed by atoms with Gasteiger partial charge in [-0.1, -0.05) is 19.9 Å². The van der Waals surface area contributed by atoms with E-state index in [4.69, 9.17) is 23.7 Å². The van der Waals surface area contributed by atoms with Gasteiger partial charge in [-0.25, -0.2) is 9.79 Å². The number of benzene rings is 2. The molecule has 2 aromatic rings. The highest BCUT2D eigenvalue weighted by molar-refractivity contribution is 6.13. The van der Waals surface area contributed by atoms with E-state index in [0.717, 1.165) is 0 Å². The summed E-state index contributed by atoms with van der Waals surface area (Å²) >= 11 is 0. The van der Waals surface area contributed by atoms with E-state index in [9.17, 15) is 9.59 Å². The molecule has 0 saturated heterocycles. The number of nitrogens with zero attached hydrogens (tertiary/aromatic N) is 1. The summed E-state index contributed by atoms with van der Waals surface area (Å²) in [5.74, 6) is 0.840. The van der Waals surface area contributed by atoms with Gasteiger partial charge in [-0.05, 0) is 42.0 Å². The molecule has 0 saturated carbocycles. The maximum Gasteiger partial charge on any atom is 0.363 e. The Bertz CT molecular complexity index is 1080. The second-order valence-electron chi connectivity index (χ2n) is 6.89. The van der Waals surface area contributed by atoms with Gasteiger partial charge in [0, 0.05) is 5.56 Å². The first-order valence-corrected chi connectivity index (χ1v) is 9.27. The van der Waals surface area contributed by atoms with E-state index in [2.05, 4.69) is 4.99 Å². The van der Waals surface area contributed by atoms with Crippen molar-refractivity contribution in [1.29, 1.82) is 0 Å². The lowest BCUT2D eigenvalue weighted by Gasteiger charge is -2.11. The lowest BCUT2D eigenvalue weighted by Crippen LogP contribution is -2.15. The maximum absolute atomic E-state index is 12.3. The van der Waals surface area contributed by atoms with E-state index in [1.54, 1.807) is 56.3 Å². The molecular formula is C22H19NO7. The predicted octanol–water partition coefficient (Wildman–Crippen LogP) is 3.33. The summed E-state index contributed by atoms with van der Waals surface area (Å²) in [6, 6.07) is 10.1. The first-order valence-electron chi connectivity index (χ1n) is 9.27. The number of methoxy groups -OCH3 is 1. The largest absolute Gasteiger partial charge is 0.493 e. The quantitative estimate of drug-likeness (QED) is 0.425. The fraction of sp³-hybridized carbons (Fsp3) is 0.227. The Hall–Kier alpha value is -3.81. The van der Waals surface area contributed by atoms with E-state index < -0.39 is 5.97 Å². The summed E-state index contributed by atoms with van der Waals surface area (Å²) in [4.78, 5) is 28.4. The molecule has 4 rings (SSSR count). The zero-order chi connectivity index (χ0) is 21.3. The van der Waals surface area contributed by atoms with Crippen LogP contribution in [0.15, 0.2) is 47.1 Å². The van der Waals surface area contributed by atoms with Gasteiger partial charge < -0.3 is 23.7 Å². The molecule has 0 atom stereocenters. The minimum absolute atomic E-state index is 0.136. The average Bonchev–Trinajstić information content (AvgIpc) is 3.35. The number of rotatable bonds is 5. The Balaban J connectivity index is 1.59. The first-order chi connectivity index (χ1) is 14.4. The third-order valence-corrected chi connectivity index (χ3v) is 4.41. The van der Waals surface area contributed by atoms with Crippen molar-refractivity contribution in [2.45, 2.75) is 13.8 Å². The molecule has 2 aliphatic heterocycles. The van der Waals surface area contributed by atoms with Crippen molar-refractivity contribution in [1.82, 2.24) is 0 Å². The van der Waals surface area contributed by atoms with Gasteiger partial charge in [0.15, 0.2) is 28.7 Å². The molecule has 30 heavy (non-hydrogen) atoms. The minimum atomic E-state index is -0.572. The molecule has 0 aliphatic carbocycles. The van der Waals surface area contributed by atoms with Gasteiger partial charge in [0.05, 0.1) is 13.0 Å². The second-order valence-corrected chi connectivity index (χ2v) is 6.89. The van der Waals surface area contributed by atoms with Crippen molar-refractivity contribution in [3.05, 3.63) is 53.2 Å². The van der Waals surface area contributed by atoms with Crippen molar-refractivity contribution in [3.8, 4) is 23.0 Å². The highest BCUT2D eigenvalue weighted by Crippen LogP contribution is 2.34. The molecule has 0 bridgehead atoms. The van der Waals surface area contributed by atoms with Crippen LogP contribution in [0.1, 0.15) is 25.0 Å². The molecule has 0 unspecified atom stereocenters. The molecule has 2 heterocycles. The zero-order valence-corrected chi connectivity index (χ0v) is 16.6. The molecule has 154 valence electrons. The Labute approximate surface area is 172 Å². The maximum atomic E-state index is 12.3. The molecular weight excluding hydrogens is 390 g/mol. The van der Waals surface area contributed by atoms with Crippen LogP contribution in [-0.2, 0) is 14.3 Å². The molecule has 0 spiro atoms. The average molecular weight is 409 g/mol. The van der Waals surface area contributed by atoms with Crippen molar-refractivity contribution < 1.29 is 33.3 Å². The number of aliphatic imine (C=N–C) groups is 1. The number of hydrogen-bond donors (Lipinski definition) is 0. The second kappa shape index (κ2) is 7.90. The van der Waals surface area contributed by atoms with Gasteiger partial charge in [-0.15, -0.1) is 0 Å². The summed E-state index contributed by atoms with van der Waals surface area (Å²) in [5, 5.41) is 0. The number of cyclic esters (lactones) is 1. The van der Waals surface area contributed by atoms with Crippen molar-refractivity contribution in [3.63, 3.8) is 0 Å². The van der Waals surface area contributed by atoms with Crippen molar-refractivity contribution >= 4 is 23.9 Å². The predicted molar refractivity (Wildman–Crippen MR) is 107 cm³/mol. The fourth-order valence-corrected chi connectivity index (χ4v) is 2.80. The lowest BCUT2D eigenvalue weighted by molar-refractivity contribution is -0.137. The first kappa shape index (κ1) is 19.5. The van der Waals surface area contributed by atoms with Crippen LogP contribution in [-0.4, -0.2) is 31.7 Å². The van der Waals surface area contributed by atoms with E-state index in [0.29, 0.717) is 34.1 Å². The smallest absolute Gasteiger partial charge is 0.363 e. The van der Waals surface area contributed by atoms with E-state index in [-0.39, 0.29) is 30.3 Å². The Kier molecular flexibility index (Phi) is 5.14. The Morgan fingerprint density at radius 1 is 1.10 bits per heavy atom. The molecule has 8 nitrogen and oxygen atoms in total. The molecule has 2 aliphatic rings. The number of hydrogen-bond acceptors (Lipinski definition) is 8. The van der Waals surface area contributed by atoms with Crippen LogP contribution < -0.4 is 18.9 Å². The van der Waals surface area contributed by atoms with Crippen molar-refractivity contribution in [2.75, 3.05) is 13.9 Å². The number of ether oxygens (including phenoxy) is 5. The van der Waals surface area contributed by atoms with Crippen LogP contribution in [0.4, 0.5) is 0 Å². The summed E-state index contributed by atoms with van der Waals surface area (Å²) < 4.78 is 26.6. The third-order valence-electron chi connectivity index (χ3n) is 4.41. The van der Waals surface area contributed by atoms with E-state index >= 15 is 0 Å². The van der Waals surface area contributed by atoms with Gasteiger partial charge in [-0.3, -0.25) is 4.79 Å². The highest BCUT2D eigenvalue weighted by atomic mass is 16.7. The number of fused-ring (bicyclic) bond motifs is 1.